The molecule has 1 aliphatic carbocycles. The average Bonchev–Trinajstić information content (AvgIpc) is 2.54. The van der Waals surface area contributed by atoms with Gasteiger partial charge in [-0.05, 0) is 44.2 Å². The highest BCUT2D eigenvalue weighted by Crippen LogP contribution is 2.19. The van der Waals surface area contributed by atoms with Crippen LogP contribution in [0.25, 0.3) is 0 Å². The molecular formula is C17H24N2O2. The van der Waals surface area contributed by atoms with Gasteiger partial charge in [-0.3, -0.25) is 0 Å². The molecule has 0 aliphatic heterocycles. The van der Waals surface area contributed by atoms with Crippen LogP contribution in [0.3, 0.4) is 0 Å². The SMILES string of the molecule is O=C(NCCOc1ccccc1)NCCC1=CCCCC1. The summed E-state index contributed by atoms with van der Waals surface area (Å²) < 4.78 is 5.50. The summed E-state index contributed by atoms with van der Waals surface area (Å²) in [6, 6.07) is 9.48. The van der Waals surface area contributed by atoms with Crippen molar-refractivity contribution in [1.29, 1.82) is 0 Å². The van der Waals surface area contributed by atoms with E-state index in [-0.39, 0.29) is 6.03 Å². The Balaban J connectivity index is 1.50. The molecule has 0 spiro atoms. The Kier molecular flexibility index (Phi) is 6.65. The molecule has 1 aliphatic rings. The van der Waals surface area contributed by atoms with E-state index in [1.54, 1.807) is 0 Å². The van der Waals surface area contributed by atoms with Crippen molar-refractivity contribution < 1.29 is 9.53 Å². The van der Waals surface area contributed by atoms with Crippen molar-refractivity contribution in [1.82, 2.24) is 10.6 Å². The van der Waals surface area contributed by atoms with Gasteiger partial charge in [0.15, 0.2) is 0 Å². The van der Waals surface area contributed by atoms with Gasteiger partial charge < -0.3 is 15.4 Å². The molecule has 21 heavy (non-hydrogen) atoms. The number of para-hydroxylation sites is 1. The summed E-state index contributed by atoms with van der Waals surface area (Å²) in [6.45, 7) is 1.68. The van der Waals surface area contributed by atoms with E-state index < -0.39 is 0 Å². The molecule has 4 heteroatoms. The van der Waals surface area contributed by atoms with Gasteiger partial charge in [-0.2, -0.15) is 0 Å². The lowest BCUT2D eigenvalue weighted by Crippen LogP contribution is -2.38. The van der Waals surface area contributed by atoms with Gasteiger partial charge in [0.2, 0.25) is 0 Å². The van der Waals surface area contributed by atoms with Crippen LogP contribution in [0.2, 0.25) is 0 Å². The van der Waals surface area contributed by atoms with Crippen LogP contribution in [-0.2, 0) is 0 Å². The van der Waals surface area contributed by atoms with Crippen molar-refractivity contribution in [3.63, 3.8) is 0 Å². The zero-order chi connectivity index (χ0) is 14.8. The molecule has 0 bridgehead atoms. The third-order valence-corrected chi connectivity index (χ3v) is 3.52. The Bertz CT molecular complexity index is 457. The molecule has 0 radical (unpaired) electrons. The standard InChI is InChI=1S/C17H24N2O2/c20-17(18-12-11-15-7-3-1-4-8-15)19-13-14-21-16-9-5-2-6-10-16/h2,5-7,9-10H,1,3-4,8,11-14H2,(H2,18,19,20). The van der Waals surface area contributed by atoms with Crippen molar-refractivity contribution in [3.05, 3.63) is 42.0 Å². The number of benzene rings is 1. The van der Waals surface area contributed by atoms with Crippen molar-refractivity contribution in [2.24, 2.45) is 0 Å². The van der Waals surface area contributed by atoms with Gasteiger partial charge in [0.25, 0.3) is 0 Å². The van der Waals surface area contributed by atoms with Crippen molar-refractivity contribution in [2.75, 3.05) is 19.7 Å². The largest absolute Gasteiger partial charge is 0.492 e. The number of carbonyl (C=O) groups is 1. The molecule has 0 aromatic heterocycles. The molecule has 1 aromatic carbocycles. The number of amides is 2. The van der Waals surface area contributed by atoms with Crippen molar-refractivity contribution >= 4 is 6.03 Å². The van der Waals surface area contributed by atoms with Gasteiger partial charge in [-0.1, -0.05) is 29.8 Å². The second-order valence-electron chi connectivity index (χ2n) is 5.20. The van der Waals surface area contributed by atoms with E-state index in [0.29, 0.717) is 19.7 Å². The summed E-state index contributed by atoms with van der Waals surface area (Å²) in [7, 11) is 0. The number of hydrogen-bond acceptors (Lipinski definition) is 2. The quantitative estimate of drug-likeness (QED) is 0.597. The minimum absolute atomic E-state index is 0.122. The van der Waals surface area contributed by atoms with Crippen LogP contribution < -0.4 is 15.4 Å². The zero-order valence-electron chi connectivity index (χ0n) is 12.4. The molecule has 2 N–H and O–H groups in total. The molecule has 2 rings (SSSR count). The fourth-order valence-electron chi connectivity index (χ4n) is 2.38. The van der Waals surface area contributed by atoms with Gasteiger partial charge in [0.1, 0.15) is 12.4 Å². The Labute approximate surface area is 126 Å². The van der Waals surface area contributed by atoms with Gasteiger partial charge in [0, 0.05) is 6.54 Å². The van der Waals surface area contributed by atoms with E-state index in [2.05, 4.69) is 16.7 Å². The fraction of sp³-hybridized carbons (Fsp3) is 0.471. The highest BCUT2D eigenvalue weighted by Gasteiger charge is 2.04. The summed E-state index contributed by atoms with van der Waals surface area (Å²) in [4.78, 5) is 11.6. The number of rotatable bonds is 7. The lowest BCUT2D eigenvalue weighted by Gasteiger charge is -2.13. The number of nitrogens with one attached hydrogen (secondary N) is 2. The molecule has 0 fully saturated rings. The van der Waals surface area contributed by atoms with Gasteiger partial charge in [-0.25, -0.2) is 4.79 Å². The van der Waals surface area contributed by atoms with Crippen molar-refractivity contribution in [3.8, 4) is 5.75 Å². The summed E-state index contributed by atoms with van der Waals surface area (Å²) in [6.07, 6.45) is 8.25. The van der Waals surface area contributed by atoms with Crippen LogP contribution in [0.4, 0.5) is 4.79 Å². The first-order chi connectivity index (χ1) is 10.3. The molecule has 0 unspecified atom stereocenters. The Morgan fingerprint density at radius 3 is 2.67 bits per heavy atom. The van der Waals surface area contributed by atoms with Crippen LogP contribution in [0.15, 0.2) is 42.0 Å². The number of allylic oxidation sites excluding steroid dienone is 1. The maximum Gasteiger partial charge on any atom is 0.314 e. The normalized spacial score (nSPS) is 14.2. The molecule has 0 heterocycles. The predicted molar refractivity (Wildman–Crippen MR) is 84.5 cm³/mol. The third-order valence-electron chi connectivity index (χ3n) is 3.52. The smallest absolute Gasteiger partial charge is 0.314 e. The highest BCUT2D eigenvalue weighted by atomic mass is 16.5. The first-order valence-electron chi connectivity index (χ1n) is 7.72. The van der Waals surface area contributed by atoms with E-state index in [1.165, 1.54) is 31.3 Å². The second-order valence-corrected chi connectivity index (χ2v) is 5.20. The topological polar surface area (TPSA) is 50.4 Å². The second kappa shape index (κ2) is 9.06. The number of hydrogen-bond donors (Lipinski definition) is 2. The van der Waals surface area contributed by atoms with Gasteiger partial charge in [-0.15, -0.1) is 0 Å². The van der Waals surface area contributed by atoms with E-state index in [1.807, 2.05) is 30.3 Å². The Hall–Kier alpha value is -1.97. The van der Waals surface area contributed by atoms with Crippen LogP contribution in [-0.4, -0.2) is 25.7 Å². The van der Waals surface area contributed by atoms with E-state index in [4.69, 9.17) is 4.74 Å². The molecule has 4 nitrogen and oxygen atoms in total. The van der Waals surface area contributed by atoms with Crippen LogP contribution in [0.5, 0.6) is 5.75 Å². The summed E-state index contributed by atoms with van der Waals surface area (Å²) in [5.41, 5.74) is 1.48. The van der Waals surface area contributed by atoms with Crippen molar-refractivity contribution in [2.45, 2.75) is 32.1 Å². The molecule has 114 valence electrons. The van der Waals surface area contributed by atoms with Crippen LogP contribution in [0.1, 0.15) is 32.1 Å². The molecule has 0 atom stereocenters. The van der Waals surface area contributed by atoms with E-state index >= 15 is 0 Å². The zero-order valence-corrected chi connectivity index (χ0v) is 12.4. The molecule has 2 amide bonds. The number of urea groups is 1. The monoisotopic (exact) mass is 288 g/mol. The predicted octanol–water partition coefficient (Wildman–Crippen LogP) is 3.26. The van der Waals surface area contributed by atoms with Gasteiger partial charge in [0.05, 0.1) is 6.54 Å². The average molecular weight is 288 g/mol. The number of ether oxygens (including phenoxy) is 1. The molecule has 0 saturated carbocycles. The minimum Gasteiger partial charge on any atom is -0.492 e. The minimum atomic E-state index is -0.122. The molecule has 0 saturated heterocycles. The highest BCUT2D eigenvalue weighted by molar-refractivity contribution is 5.73. The maximum absolute atomic E-state index is 11.6. The summed E-state index contributed by atoms with van der Waals surface area (Å²) in [5.74, 6) is 0.823. The maximum atomic E-state index is 11.6. The lowest BCUT2D eigenvalue weighted by molar-refractivity contribution is 0.236. The lowest BCUT2D eigenvalue weighted by atomic mass is 9.97. The first kappa shape index (κ1) is 15.4. The first-order valence-corrected chi connectivity index (χ1v) is 7.72. The fourth-order valence-corrected chi connectivity index (χ4v) is 2.38. The summed E-state index contributed by atoms with van der Waals surface area (Å²) in [5, 5.41) is 5.68. The van der Waals surface area contributed by atoms with Crippen LogP contribution >= 0.6 is 0 Å². The summed E-state index contributed by atoms with van der Waals surface area (Å²) >= 11 is 0. The Morgan fingerprint density at radius 2 is 1.90 bits per heavy atom. The Morgan fingerprint density at radius 1 is 1.10 bits per heavy atom. The van der Waals surface area contributed by atoms with Crippen LogP contribution in [0, 0.1) is 0 Å². The molecule has 1 aromatic rings. The third kappa shape index (κ3) is 6.34. The van der Waals surface area contributed by atoms with E-state index in [9.17, 15) is 4.79 Å². The number of carbonyl (C=O) groups excluding carboxylic acids is 1. The van der Waals surface area contributed by atoms with E-state index in [0.717, 1.165) is 12.2 Å². The molecular weight excluding hydrogens is 264 g/mol. The van der Waals surface area contributed by atoms with Gasteiger partial charge >= 0.3 is 6.03 Å².